The summed E-state index contributed by atoms with van der Waals surface area (Å²) >= 11 is 0. The van der Waals surface area contributed by atoms with Gasteiger partial charge in [-0.2, -0.15) is 5.26 Å². The summed E-state index contributed by atoms with van der Waals surface area (Å²) in [5.74, 6) is 0. The van der Waals surface area contributed by atoms with Crippen molar-refractivity contribution in [3.05, 3.63) is 78.0 Å². The molecule has 0 saturated carbocycles. The first-order valence-electron chi connectivity index (χ1n) is 11.2. The van der Waals surface area contributed by atoms with Gasteiger partial charge in [0.1, 0.15) is 0 Å². The summed E-state index contributed by atoms with van der Waals surface area (Å²) in [5.41, 5.74) is 7.44. The SMILES string of the molecule is Cc1ccc(-c2nc3ccn(C[C@H]4CN(C(=O)O)CCO4)c3cc2-c2ccc(C#N)cc2)cc1. The van der Waals surface area contributed by atoms with Crippen LogP contribution < -0.4 is 0 Å². The van der Waals surface area contributed by atoms with E-state index in [0.717, 1.165) is 33.4 Å². The van der Waals surface area contributed by atoms with Gasteiger partial charge in [-0.05, 0) is 36.8 Å². The smallest absolute Gasteiger partial charge is 0.407 e. The van der Waals surface area contributed by atoms with Crippen LogP contribution in [0.3, 0.4) is 0 Å². The molecular formula is C27H24N4O3. The Morgan fingerprint density at radius 2 is 1.88 bits per heavy atom. The highest BCUT2D eigenvalue weighted by molar-refractivity contribution is 5.90. The number of rotatable bonds is 4. The van der Waals surface area contributed by atoms with E-state index in [0.29, 0.717) is 31.8 Å². The largest absolute Gasteiger partial charge is 0.465 e. The molecule has 7 nitrogen and oxygen atoms in total. The first-order chi connectivity index (χ1) is 16.5. The summed E-state index contributed by atoms with van der Waals surface area (Å²) in [7, 11) is 0. The average Bonchev–Trinajstić information content (AvgIpc) is 3.25. The second-order valence-corrected chi connectivity index (χ2v) is 8.53. The third-order valence-electron chi connectivity index (χ3n) is 6.21. The minimum Gasteiger partial charge on any atom is -0.465 e. The van der Waals surface area contributed by atoms with Crippen LogP contribution in [0.25, 0.3) is 33.4 Å². The maximum absolute atomic E-state index is 11.4. The number of pyridine rings is 1. The summed E-state index contributed by atoms with van der Waals surface area (Å²) in [5, 5.41) is 18.5. The molecule has 0 radical (unpaired) electrons. The minimum atomic E-state index is -0.918. The number of hydrogen-bond acceptors (Lipinski definition) is 4. The summed E-state index contributed by atoms with van der Waals surface area (Å²) in [6.07, 6.45) is 0.830. The van der Waals surface area contributed by atoms with Gasteiger partial charge in [-0.25, -0.2) is 9.78 Å². The van der Waals surface area contributed by atoms with Crippen LogP contribution in [-0.4, -0.2) is 51.5 Å². The monoisotopic (exact) mass is 452 g/mol. The van der Waals surface area contributed by atoms with E-state index in [9.17, 15) is 15.2 Å². The van der Waals surface area contributed by atoms with Crippen molar-refractivity contribution in [1.29, 1.82) is 5.26 Å². The Morgan fingerprint density at radius 3 is 2.59 bits per heavy atom. The van der Waals surface area contributed by atoms with Crippen molar-refractivity contribution in [2.24, 2.45) is 0 Å². The molecule has 2 aromatic heterocycles. The van der Waals surface area contributed by atoms with E-state index in [4.69, 9.17) is 9.72 Å². The van der Waals surface area contributed by atoms with Crippen molar-refractivity contribution < 1.29 is 14.6 Å². The third-order valence-corrected chi connectivity index (χ3v) is 6.21. The fourth-order valence-electron chi connectivity index (χ4n) is 4.37. The van der Waals surface area contributed by atoms with Gasteiger partial charge in [-0.15, -0.1) is 0 Å². The zero-order chi connectivity index (χ0) is 23.7. The molecular weight excluding hydrogens is 428 g/mol. The third kappa shape index (κ3) is 4.24. The molecule has 4 aromatic rings. The van der Waals surface area contributed by atoms with Gasteiger partial charge in [0.05, 0.1) is 54.2 Å². The van der Waals surface area contributed by atoms with Crippen LogP contribution in [0.15, 0.2) is 66.9 Å². The number of carboxylic acid groups (broad SMARTS) is 1. The highest BCUT2D eigenvalue weighted by Gasteiger charge is 2.24. The number of carbonyl (C=O) groups is 1. The van der Waals surface area contributed by atoms with Crippen LogP contribution >= 0.6 is 0 Å². The standard InChI is InChI=1S/C27H24N4O3/c1-18-2-6-21(7-3-18)26-23(20-8-4-19(15-28)5-9-20)14-25-24(29-26)10-11-30(25)16-22-17-31(27(32)33)12-13-34-22/h2-11,14,22H,12-13,16-17H2,1H3,(H,32,33)/t22-/m0/s1. The molecule has 1 saturated heterocycles. The van der Waals surface area contributed by atoms with Gasteiger partial charge in [0, 0.05) is 23.9 Å². The lowest BCUT2D eigenvalue weighted by molar-refractivity contribution is -0.0287. The first-order valence-corrected chi connectivity index (χ1v) is 11.2. The van der Waals surface area contributed by atoms with Crippen molar-refractivity contribution in [3.63, 3.8) is 0 Å². The quantitative estimate of drug-likeness (QED) is 0.474. The van der Waals surface area contributed by atoms with E-state index in [2.05, 4.69) is 47.9 Å². The molecule has 1 atom stereocenters. The zero-order valence-corrected chi connectivity index (χ0v) is 18.8. The van der Waals surface area contributed by atoms with Crippen molar-refractivity contribution in [1.82, 2.24) is 14.5 Å². The second kappa shape index (κ2) is 9.00. The average molecular weight is 453 g/mol. The molecule has 5 rings (SSSR count). The summed E-state index contributed by atoms with van der Waals surface area (Å²) in [6.45, 7) is 3.71. The van der Waals surface area contributed by atoms with Crippen molar-refractivity contribution in [2.75, 3.05) is 19.7 Å². The van der Waals surface area contributed by atoms with E-state index >= 15 is 0 Å². The summed E-state index contributed by atoms with van der Waals surface area (Å²) in [4.78, 5) is 17.8. The Balaban J connectivity index is 1.58. The number of ether oxygens (including phenoxy) is 1. The Hall–Kier alpha value is -4.15. The molecule has 1 aliphatic rings. The minimum absolute atomic E-state index is 0.226. The van der Waals surface area contributed by atoms with Crippen molar-refractivity contribution >= 4 is 17.1 Å². The molecule has 0 aliphatic carbocycles. The number of hydrogen-bond donors (Lipinski definition) is 1. The molecule has 7 heteroatoms. The van der Waals surface area contributed by atoms with Crippen LogP contribution in [0.1, 0.15) is 11.1 Å². The van der Waals surface area contributed by atoms with Gasteiger partial charge in [0.15, 0.2) is 0 Å². The molecule has 34 heavy (non-hydrogen) atoms. The van der Waals surface area contributed by atoms with E-state index in [1.165, 1.54) is 10.5 Å². The van der Waals surface area contributed by atoms with E-state index in [1.807, 2.05) is 36.5 Å². The molecule has 0 spiro atoms. The second-order valence-electron chi connectivity index (χ2n) is 8.53. The van der Waals surface area contributed by atoms with Gasteiger partial charge >= 0.3 is 6.09 Å². The molecule has 1 aliphatic heterocycles. The lowest BCUT2D eigenvalue weighted by atomic mass is 9.97. The number of nitriles is 1. The van der Waals surface area contributed by atoms with Crippen LogP contribution in [0.5, 0.6) is 0 Å². The number of nitrogens with zero attached hydrogens (tertiary/aromatic N) is 4. The van der Waals surface area contributed by atoms with Crippen LogP contribution in [0.4, 0.5) is 4.79 Å². The topological polar surface area (TPSA) is 91.4 Å². The van der Waals surface area contributed by atoms with Gasteiger partial charge in [0.25, 0.3) is 0 Å². The maximum atomic E-state index is 11.4. The van der Waals surface area contributed by atoms with Crippen LogP contribution in [0.2, 0.25) is 0 Å². The first kappa shape index (κ1) is 21.7. The van der Waals surface area contributed by atoms with E-state index in [1.54, 1.807) is 0 Å². The lowest BCUT2D eigenvalue weighted by Gasteiger charge is -2.31. The molecule has 0 bridgehead atoms. The molecule has 0 unspecified atom stereocenters. The fourth-order valence-corrected chi connectivity index (χ4v) is 4.37. The van der Waals surface area contributed by atoms with Crippen molar-refractivity contribution in [3.8, 4) is 28.5 Å². The fraction of sp³-hybridized carbons (Fsp3) is 0.222. The Bertz CT molecular complexity index is 1380. The lowest BCUT2D eigenvalue weighted by Crippen LogP contribution is -2.46. The van der Waals surface area contributed by atoms with Gasteiger partial charge < -0.3 is 19.3 Å². The number of aromatic nitrogens is 2. The predicted octanol–water partition coefficient (Wildman–Crippen LogP) is 4.93. The Kier molecular flexibility index (Phi) is 5.74. The normalized spacial score (nSPS) is 15.9. The number of fused-ring (bicyclic) bond motifs is 1. The number of amides is 1. The Morgan fingerprint density at radius 1 is 1.15 bits per heavy atom. The Labute approximate surface area is 197 Å². The summed E-state index contributed by atoms with van der Waals surface area (Å²) in [6, 6.07) is 22.1. The molecule has 170 valence electrons. The zero-order valence-electron chi connectivity index (χ0n) is 18.8. The van der Waals surface area contributed by atoms with Gasteiger partial charge in [-0.3, -0.25) is 0 Å². The molecule has 2 aromatic carbocycles. The van der Waals surface area contributed by atoms with Gasteiger partial charge in [0.2, 0.25) is 0 Å². The van der Waals surface area contributed by atoms with Crippen LogP contribution in [0, 0.1) is 18.3 Å². The van der Waals surface area contributed by atoms with Gasteiger partial charge in [-0.1, -0.05) is 42.0 Å². The van der Waals surface area contributed by atoms with E-state index < -0.39 is 6.09 Å². The molecule has 1 amide bonds. The van der Waals surface area contributed by atoms with E-state index in [-0.39, 0.29) is 6.10 Å². The van der Waals surface area contributed by atoms with Crippen molar-refractivity contribution in [2.45, 2.75) is 19.6 Å². The molecule has 1 N–H and O–H groups in total. The van der Waals surface area contributed by atoms with Crippen LogP contribution in [-0.2, 0) is 11.3 Å². The number of morpholine rings is 1. The highest BCUT2D eigenvalue weighted by Crippen LogP contribution is 2.34. The molecule has 1 fully saturated rings. The number of aryl methyl sites for hydroxylation is 1. The summed E-state index contributed by atoms with van der Waals surface area (Å²) < 4.78 is 7.92. The predicted molar refractivity (Wildman–Crippen MR) is 129 cm³/mol. The number of benzene rings is 2. The maximum Gasteiger partial charge on any atom is 0.407 e. The highest BCUT2D eigenvalue weighted by atomic mass is 16.5. The molecule has 3 heterocycles.